The van der Waals surface area contributed by atoms with Crippen molar-refractivity contribution in [3.63, 3.8) is 0 Å². The molecular formula is C15H23ClN2O2. The number of hydrogen-bond acceptors (Lipinski definition) is 4. The number of aromatic nitrogens is 2. The zero-order chi connectivity index (χ0) is 15.0. The lowest BCUT2D eigenvalue weighted by Gasteiger charge is -2.08. The Labute approximate surface area is 125 Å². The van der Waals surface area contributed by atoms with Crippen LogP contribution in [0.3, 0.4) is 0 Å². The van der Waals surface area contributed by atoms with E-state index in [-0.39, 0.29) is 16.6 Å². The van der Waals surface area contributed by atoms with Gasteiger partial charge in [-0.05, 0) is 6.42 Å². The molecule has 0 unspecified atom stereocenters. The summed E-state index contributed by atoms with van der Waals surface area (Å²) in [6.07, 6.45) is 7.03. The van der Waals surface area contributed by atoms with E-state index >= 15 is 0 Å². The van der Waals surface area contributed by atoms with Crippen molar-refractivity contribution in [1.82, 2.24) is 9.97 Å². The number of carbonyl (C=O) groups excluding carboxylic acids is 1. The Bertz CT molecular complexity index is 436. The van der Waals surface area contributed by atoms with Gasteiger partial charge in [0.25, 0.3) is 0 Å². The highest BCUT2D eigenvalue weighted by Crippen LogP contribution is 2.17. The number of ether oxygens (including phenoxy) is 1. The third-order valence-electron chi connectivity index (χ3n) is 2.95. The minimum absolute atomic E-state index is 0.146. The third-order valence-corrected chi connectivity index (χ3v) is 3.23. The van der Waals surface area contributed by atoms with Crippen molar-refractivity contribution >= 4 is 17.6 Å². The van der Waals surface area contributed by atoms with Crippen molar-refractivity contribution in [2.75, 3.05) is 6.61 Å². The molecule has 20 heavy (non-hydrogen) atoms. The van der Waals surface area contributed by atoms with Crippen LogP contribution in [0.2, 0.25) is 5.02 Å². The SMILES string of the molecule is CCCCCCCOC(=O)c1nc(C(C)C)ncc1Cl. The van der Waals surface area contributed by atoms with Gasteiger partial charge in [0.05, 0.1) is 17.8 Å². The number of nitrogens with zero attached hydrogens (tertiary/aromatic N) is 2. The summed E-state index contributed by atoms with van der Waals surface area (Å²) < 4.78 is 5.21. The predicted molar refractivity (Wildman–Crippen MR) is 80.2 cm³/mol. The van der Waals surface area contributed by atoms with E-state index in [0.29, 0.717) is 12.4 Å². The Balaban J connectivity index is 2.48. The van der Waals surface area contributed by atoms with Crippen LogP contribution < -0.4 is 0 Å². The first kappa shape index (κ1) is 16.9. The van der Waals surface area contributed by atoms with Gasteiger partial charge in [0.1, 0.15) is 5.82 Å². The van der Waals surface area contributed by atoms with Gasteiger partial charge in [-0.15, -0.1) is 0 Å². The fourth-order valence-electron chi connectivity index (χ4n) is 1.74. The molecule has 0 fully saturated rings. The van der Waals surface area contributed by atoms with Crippen molar-refractivity contribution in [3.05, 3.63) is 22.7 Å². The number of esters is 1. The topological polar surface area (TPSA) is 52.1 Å². The Kier molecular flexibility index (Phi) is 7.52. The molecule has 0 radical (unpaired) electrons. The summed E-state index contributed by atoms with van der Waals surface area (Å²) in [4.78, 5) is 20.2. The number of carbonyl (C=O) groups is 1. The second-order valence-electron chi connectivity index (χ2n) is 5.13. The third kappa shape index (κ3) is 5.45. The molecular weight excluding hydrogens is 276 g/mol. The highest BCUT2D eigenvalue weighted by molar-refractivity contribution is 6.33. The number of halogens is 1. The molecule has 0 aliphatic heterocycles. The maximum absolute atomic E-state index is 11.9. The summed E-state index contributed by atoms with van der Waals surface area (Å²) >= 11 is 5.95. The second kappa shape index (κ2) is 8.90. The normalized spacial score (nSPS) is 10.8. The number of unbranched alkanes of at least 4 members (excludes halogenated alkanes) is 4. The zero-order valence-electron chi connectivity index (χ0n) is 12.5. The molecule has 1 aromatic heterocycles. The average molecular weight is 299 g/mol. The molecule has 0 saturated heterocycles. The van der Waals surface area contributed by atoms with Gasteiger partial charge in [0.2, 0.25) is 0 Å². The van der Waals surface area contributed by atoms with Crippen molar-refractivity contribution in [2.45, 2.75) is 58.8 Å². The first-order chi connectivity index (χ1) is 9.56. The molecule has 1 aromatic rings. The van der Waals surface area contributed by atoms with E-state index in [1.165, 1.54) is 25.5 Å². The lowest BCUT2D eigenvalue weighted by Crippen LogP contribution is -2.12. The molecule has 0 spiro atoms. The van der Waals surface area contributed by atoms with Crippen LogP contribution in [0.25, 0.3) is 0 Å². The fourth-order valence-corrected chi connectivity index (χ4v) is 1.91. The first-order valence-corrected chi connectivity index (χ1v) is 7.63. The van der Waals surface area contributed by atoms with Crippen molar-refractivity contribution in [3.8, 4) is 0 Å². The number of rotatable bonds is 8. The van der Waals surface area contributed by atoms with E-state index in [9.17, 15) is 4.79 Å². The van der Waals surface area contributed by atoms with Crippen LogP contribution in [0.4, 0.5) is 0 Å². The molecule has 0 aromatic carbocycles. The minimum Gasteiger partial charge on any atom is -0.461 e. The maximum atomic E-state index is 11.9. The minimum atomic E-state index is -0.463. The molecule has 112 valence electrons. The van der Waals surface area contributed by atoms with E-state index in [1.807, 2.05) is 13.8 Å². The summed E-state index contributed by atoms with van der Waals surface area (Å²) in [5, 5.41) is 0.241. The molecule has 0 aliphatic carbocycles. The zero-order valence-corrected chi connectivity index (χ0v) is 13.2. The largest absolute Gasteiger partial charge is 0.461 e. The van der Waals surface area contributed by atoms with Crippen LogP contribution in [0.5, 0.6) is 0 Å². The molecule has 4 nitrogen and oxygen atoms in total. The lowest BCUT2D eigenvalue weighted by molar-refractivity contribution is 0.0490. The van der Waals surface area contributed by atoms with E-state index in [2.05, 4.69) is 16.9 Å². The van der Waals surface area contributed by atoms with Gasteiger partial charge in [0, 0.05) is 5.92 Å². The molecule has 0 aliphatic rings. The lowest BCUT2D eigenvalue weighted by atomic mass is 10.2. The summed E-state index contributed by atoms with van der Waals surface area (Å²) in [7, 11) is 0. The van der Waals surface area contributed by atoms with Crippen LogP contribution in [0.1, 0.15) is 75.1 Å². The van der Waals surface area contributed by atoms with Gasteiger partial charge < -0.3 is 4.74 Å². The standard InChI is InChI=1S/C15H23ClN2O2/c1-4-5-6-7-8-9-20-15(19)13-12(16)10-17-14(18-13)11(2)3/h10-11H,4-9H2,1-3H3. The Hall–Kier alpha value is -1.16. The van der Waals surface area contributed by atoms with E-state index in [1.54, 1.807) is 0 Å². The van der Waals surface area contributed by atoms with Crippen LogP contribution in [0, 0.1) is 0 Å². The predicted octanol–water partition coefficient (Wildman–Crippen LogP) is 4.38. The molecule has 1 rings (SSSR count). The van der Waals surface area contributed by atoms with Gasteiger partial charge in [0.15, 0.2) is 5.69 Å². The Morgan fingerprint density at radius 3 is 2.65 bits per heavy atom. The molecule has 1 heterocycles. The summed E-state index contributed by atoms with van der Waals surface area (Å²) in [6, 6.07) is 0. The van der Waals surface area contributed by atoms with Gasteiger partial charge in [-0.3, -0.25) is 0 Å². The Morgan fingerprint density at radius 2 is 2.00 bits per heavy atom. The van der Waals surface area contributed by atoms with Crippen LogP contribution in [0.15, 0.2) is 6.20 Å². The van der Waals surface area contributed by atoms with E-state index in [4.69, 9.17) is 16.3 Å². The molecule has 0 atom stereocenters. The molecule has 0 N–H and O–H groups in total. The monoisotopic (exact) mass is 298 g/mol. The molecule has 5 heteroatoms. The van der Waals surface area contributed by atoms with Gasteiger partial charge in [-0.25, -0.2) is 14.8 Å². The van der Waals surface area contributed by atoms with Crippen molar-refractivity contribution in [1.29, 1.82) is 0 Å². The van der Waals surface area contributed by atoms with Gasteiger partial charge >= 0.3 is 5.97 Å². The summed E-state index contributed by atoms with van der Waals surface area (Å²) in [5.74, 6) is 0.284. The number of hydrogen-bond donors (Lipinski definition) is 0. The van der Waals surface area contributed by atoms with Crippen LogP contribution in [-0.4, -0.2) is 22.5 Å². The van der Waals surface area contributed by atoms with Crippen molar-refractivity contribution < 1.29 is 9.53 Å². The average Bonchev–Trinajstić information content (AvgIpc) is 2.42. The highest BCUT2D eigenvalue weighted by Gasteiger charge is 2.16. The quantitative estimate of drug-likeness (QED) is 0.528. The van der Waals surface area contributed by atoms with Crippen molar-refractivity contribution in [2.24, 2.45) is 0 Å². The maximum Gasteiger partial charge on any atom is 0.358 e. The van der Waals surface area contributed by atoms with Gasteiger partial charge in [-0.2, -0.15) is 0 Å². The molecule has 0 amide bonds. The van der Waals surface area contributed by atoms with E-state index in [0.717, 1.165) is 12.8 Å². The van der Waals surface area contributed by atoms with Crippen LogP contribution in [-0.2, 0) is 4.74 Å². The highest BCUT2D eigenvalue weighted by atomic mass is 35.5. The summed E-state index contributed by atoms with van der Waals surface area (Å²) in [6.45, 7) is 6.52. The van der Waals surface area contributed by atoms with E-state index < -0.39 is 5.97 Å². The smallest absolute Gasteiger partial charge is 0.358 e. The van der Waals surface area contributed by atoms with Crippen LogP contribution >= 0.6 is 11.6 Å². The van der Waals surface area contributed by atoms with Gasteiger partial charge in [-0.1, -0.05) is 58.1 Å². The first-order valence-electron chi connectivity index (χ1n) is 7.25. The molecule has 0 saturated carbocycles. The molecule has 0 bridgehead atoms. The fraction of sp³-hybridized carbons (Fsp3) is 0.667. The second-order valence-corrected chi connectivity index (χ2v) is 5.54. The Morgan fingerprint density at radius 1 is 1.30 bits per heavy atom. The summed E-state index contributed by atoms with van der Waals surface area (Å²) in [5.41, 5.74) is 0.166.